The van der Waals surface area contributed by atoms with Gasteiger partial charge in [-0.05, 0) is 38.8 Å². The van der Waals surface area contributed by atoms with E-state index in [1.807, 2.05) is 13.8 Å². The number of carbonyl (C=O) groups is 3. The van der Waals surface area contributed by atoms with E-state index in [1.54, 1.807) is 19.2 Å². The van der Waals surface area contributed by atoms with E-state index in [4.69, 9.17) is 9.47 Å². The number of ether oxygens (including phenoxy) is 2. The van der Waals surface area contributed by atoms with Crippen molar-refractivity contribution in [2.45, 2.75) is 47.0 Å². The average Bonchev–Trinajstić information content (AvgIpc) is 2.92. The summed E-state index contributed by atoms with van der Waals surface area (Å²) in [4.78, 5) is 36.0. The Hall–Kier alpha value is -2.17. The predicted molar refractivity (Wildman–Crippen MR) is 96.5 cm³/mol. The maximum absolute atomic E-state index is 12.7. The zero-order valence-electron chi connectivity index (χ0n) is 16.0. The highest BCUT2D eigenvalue weighted by molar-refractivity contribution is 6.05. The summed E-state index contributed by atoms with van der Waals surface area (Å²) in [5.41, 5.74) is 1.37. The van der Waals surface area contributed by atoms with Crippen molar-refractivity contribution in [1.82, 2.24) is 0 Å². The van der Waals surface area contributed by atoms with Gasteiger partial charge in [0.05, 0.1) is 14.2 Å². The van der Waals surface area contributed by atoms with Crippen molar-refractivity contribution in [2.24, 2.45) is 11.8 Å². The Balaban J connectivity index is 0.00000151. The molecular formula is C20H28O5. The fraction of sp³-hybridized carbons (Fsp3) is 0.550. The van der Waals surface area contributed by atoms with Gasteiger partial charge in [-0.15, -0.1) is 0 Å². The second kappa shape index (κ2) is 9.35. The Morgan fingerprint density at radius 2 is 1.80 bits per heavy atom. The monoisotopic (exact) mass is 348 g/mol. The molecule has 1 aromatic rings. The van der Waals surface area contributed by atoms with Gasteiger partial charge in [0.2, 0.25) is 0 Å². The van der Waals surface area contributed by atoms with Crippen molar-refractivity contribution >= 4 is 17.3 Å². The third-order valence-corrected chi connectivity index (χ3v) is 4.49. The van der Waals surface area contributed by atoms with Crippen molar-refractivity contribution < 1.29 is 23.9 Å². The number of methoxy groups -OCH3 is 2. The van der Waals surface area contributed by atoms with E-state index in [1.165, 1.54) is 21.0 Å². The van der Waals surface area contributed by atoms with Crippen LogP contribution in [-0.2, 0) is 16.0 Å². The Morgan fingerprint density at radius 1 is 1.16 bits per heavy atom. The molecule has 25 heavy (non-hydrogen) atoms. The normalized spacial score (nSPS) is 16.4. The number of rotatable bonds is 7. The molecule has 0 saturated carbocycles. The lowest BCUT2D eigenvalue weighted by atomic mass is 9.82. The van der Waals surface area contributed by atoms with Crippen molar-refractivity contribution in [1.29, 1.82) is 0 Å². The molecule has 2 atom stereocenters. The van der Waals surface area contributed by atoms with Crippen LogP contribution in [0.1, 0.15) is 56.5 Å². The third-order valence-electron chi connectivity index (χ3n) is 4.49. The van der Waals surface area contributed by atoms with E-state index in [2.05, 4.69) is 0 Å². The number of hydrogen-bond donors (Lipinski definition) is 0. The van der Waals surface area contributed by atoms with Crippen LogP contribution in [0.3, 0.4) is 0 Å². The topological polar surface area (TPSA) is 69.7 Å². The van der Waals surface area contributed by atoms with Crippen molar-refractivity contribution in [3.63, 3.8) is 0 Å². The molecule has 0 spiro atoms. The quantitative estimate of drug-likeness (QED) is 0.752. The van der Waals surface area contributed by atoms with Crippen LogP contribution in [0.5, 0.6) is 11.5 Å². The summed E-state index contributed by atoms with van der Waals surface area (Å²) < 4.78 is 10.7. The molecule has 0 bridgehead atoms. The Morgan fingerprint density at radius 3 is 2.28 bits per heavy atom. The van der Waals surface area contributed by atoms with Crippen LogP contribution in [0.25, 0.3) is 0 Å². The van der Waals surface area contributed by atoms with E-state index in [0.29, 0.717) is 36.3 Å². The number of benzene rings is 1. The van der Waals surface area contributed by atoms with Crippen LogP contribution in [0.15, 0.2) is 12.1 Å². The van der Waals surface area contributed by atoms with Gasteiger partial charge in [0.25, 0.3) is 0 Å². The smallest absolute Gasteiger partial charge is 0.167 e. The highest BCUT2D eigenvalue weighted by Gasteiger charge is 2.40. The predicted octanol–water partition coefficient (Wildman–Crippen LogP) is 3.66. The molecule has 0 amide bonds. The fourth-order valence-electron chi connectivity index (χ4n) is 3.31. The molecule has 0 N–H and O–H groups in total. The first-order valence-electron chi connectivity index (χ1n) is 8.68. The first kappa shape index (κ1) is 20.9. The molecule has 0 saturated heterocycles. The number of fused-ring (bicyclic) bond motifs is 1. The lowest BCUT2D eigenvalue weighted by molar-refractivity contribution is -0.122. The summed E-state index contributed by atoms with van der Waals surface area (Å²) in [6.07, 6.45) is 1.16. The third kappa shape index (κ3) is 4.47. The van der Waals surface area contributed by atoms with E-state index in [0.717, 1.165) is 5.56 Å². The largest absolute Gasteiger partial charge is 0.493 e. The summed E-state index contributed by atoms with van der Waals surface area (Å²) in [6.45, 7) is 6.98. The molecule has 1 aromatic carbocycles. The van der Waals surface area contributed by atoms with Gasteiger partial charge in [-0.3, -0.25) is 9.59 Å². The van der Waals surface area contributed by atoms with Gasteiger partial charge in [0, 0.05) is 29.4 Å². The Kier molecular flexibility index (Phi) is 7.81. The zero-order valence-corrected chi connectivity index (χ0v) is 16.0. The molecule has 2 rings (SSSR count). The average molecular weight is 348 g/mol. The van der Waals surface area contributed by atoms with Crippen LogP contribution < -0.4 is 9.47 Å². The van der Waals surface area contributed by atoms with Crippen LogP contribution in [0.2, 0.25) is 0 Å². The molecule has 0 radical (unpaired) electrons. The molecule has 1 aliphatic rings. The van der Waals surface area contributed by atoms with Gasteiger partial charge < -0.3 is 14.3 Å². The van der Waals surface area contributed by atoms with Crippen molar-refractivity contribution in [3.8, 4) is 11.5 Å². The first-order valence-corrected chi connectivity index (χ1v) is 8.68. The van der Waals surface area contributed by atoms with Crippen LogP contribution in [0, 0.1) is 11.8 Å². The summed E-state index contributed by atoms with van der Waals surface area (Å²) in [7, 11) is 3.08. The van der Waals surface area contributed by atoms with Gasteiger partial charge in [-0.1, -0.05) is 13.8 Å². The lowest BCUT2D eigenvalue weighted by Gasteiger charge is -2.19. The Labute approximate surface area is 149 Å². The molecule has 2 unspecified atom stereocenters. The van der Waals surface area contributed by atoms with Crippen LogP contribution >= 0.6 is 0 Å². The van der Waals surface area contributed by atoms with Gasteiger partial charge in [-0.25, -0.2) is 0 Å². The molecule has 5 heteroatoms. The summed E-state index contributed by atoms with van der Waals surface area (Å²) in [5, 5.41) is 0. The van der Waals surface area contributed by atoms with E-state index < -0.39 is 11.8 Å². The second-order valence-electron chi connectivity index (χ2n) is 5.96. The van der Waals surface area contributed by atoms with Crippen molar-refractivity contribution in [3.05, 3.63) is 23.3 Å². The fourth-order valence-corrected chi connectivity index (χ4v) is 3.31. The van der Waals surface area contributed by atoms with E-state index in [9.17, 15) is 14.4 Å². The molecule has 0 heterocycles. The van der Waals surface area contributed by atoms with Gasteiger partial charge in [0.1, 0.15) is 11.6 Å². The van der Waals surface area contributed by atoms with Gasteiger partial charge >= 0.3 is 0 Å². The molecule has 0 aliphatic heterocycles. The highest BCUT2D eigenvalue weighted by atomic mass is 16.5. The maximum Gasteiger partial charge on any atom is 0.167 e. The van der Waals surface area contributed by atoms with Gasteiger partial charge in [0.15, 0.2) is 17.3 Å². The second-order valence-corrected chi connectivity index (χ2v) is 5.96. The Bertz CT molecular complexity index is 648. The van der Waals surface area contributed by atoms with Crippen LogP contribution in [0.4, 0.5) is 0 Å². The van der Waals surface area contributed by atoms with Crippen molar-refractivity contribution in [2.75, 3.05) is 14.2 Å². The minimum absolute atomic E-state index is 0.0264. The van der Waals surface area contributed by atoms with Crippen LogP contribution in [-0.4, -0.2) is 31.6 Å². The number of hydrogen-bond acceptors (Lipinski definition) is 5. The molecular weight excluding hydrogens is 320 g/mol. The first-order chi connectivity index (χ1) is 11.9. The van der Waals surface area contributed by atoms with E-state index >= 15 is 0 Å². The molecule has 1 aliphatic carbocycles. The number of ketones is 3. The highest BCUT2D eigenvalue weighted by Crippen LogP contribution is 2.42. The minimum atomic E-state index is -0.436. The van der Waals surface area contributed by atoms with E-state index in [-0.39, 0.29) is 17.3 Å². The SMILES string of the molecule is CC.COc1ccc2c(c1OC)CC(C(CCC(C)=O)C(C)=O)C2=O. The molecule has 0 fully saturated rings. The zero-order chi connectivity index (χ0) is 19.1. The molecule has 0 aromatic heterocycles. The number of Topliss-reactive ketones (excluding diaryl/α,β-unsaturated/α-hetero) is 3. The van der Waals surface area contributed by atoms with Gasteiger partial charge in [-0.2, -0.15) is 0 Å². The summed E-state index contributed by atoms with van der Waals surface area (Å²) in [5.74, 6) is 0.182. The summed E-state index contributed by atoms with van der Waals surface area (Å²) in [6, 6.07) is 3.43. The number of carbonyl (C=O) groups excluding carboxylic acids is 3. The molecule has 5 nitrogen and oxygen atoms in total. The molecule has 138 valence electrons. The minimum Gasteiger partial charge on any atom is -0.493 e. The maximum atomic E-state index is 12.7. The summed E-state index contributed by atoms with van der Waals surface area (Å²) >= 11 is 0. The lowest BCUT2D eigenvalue weighted by Crippen LogP contribution is -2.27. The standard InChI is InChI=1S/C18H22O5.C2H6/c1-10(19)5-6-12(11(2)20)14-9-15-13(17(14)21)7-8-16(22-3)18(15)23-4;1-2/h7-8,12,14H,5-6,9H2,1-4H3;1-2H3.